The normalized spacial score (nSPS) is 20.7. The average molecular weight is 316 g/mol. The van der Waals surface area contributed by atoms with Crippen LogP contribution in [0.25, 0.3) is 0 Å². The van der Waals surface area contributed by atoms with Crippen LogP contribution in [0.3, 0.4) is 0 Å². The molecule has 1 unspecified atom stereocenters. The second-order valence-electron chi connectivity index (χ2n) is 6.26. The van der Waals surface area contributed by atoms with E-state index in [-0.39, 0.29) is 12.0 Å². The summed E-state index contributed by atoms with van der Waals surface area (Å²) >= 11 is 0. The number of alkyl halides is 3. The topological polar surface area (TPSA) is 32.3 Å². The first-order valence-electron chi connectivity index (χ1n) is 7.57. The van der Waals surface area contributed by atoms with Crippen molar-refractivity contribution in [1.29, 1.82) is 0 Å². The van der Waals surface area contributed by atoms with Crippen molar-refractivity contribution < 1.29 is 13.2 Å². The number of rotatable bonds is 3. The van der Waals surface area contributed by atoms with Crippen molar-refractivity contribution in [2.45, 2.75) is 45.8 Å². The van der Waals surface area contributed by atoms with Crippen molar-refractivity contribution >= 4 is 5.82 Å². The third-order valence-electron chi connectivity index (χ3n) is 3.85. The van der Waals surface area contributed by atoms with Gasteiger partial charge in [-0.15, -0.1) is 0 Å². The highest BCUT2D eigenvalue weighted by Gasteiger charge is 2.35. The van der Waals surface area contributed by atoms with Gasteiger partial charge in [0, 0.05) is 43.4 Å². The number of piperazine rings is 1. The molecule has 0 N–H and O–H groups in total. The van der Waals surface area contributed by atoms with Crippen molar-refractivity contribution in [2.75, 3.05) is 31.1 Å². The molecule has 1 aromatic rings. The molecule has 1 aromatic heterocycles. The zero-order chi connectivity index (χ0) is 16.5. The predicted octanol–water partition coefficient (Wildman–Crippen LogP) is 2.98. The van der Waals surface area contributed by atoms with E-state index in [4.69, 9.17) is 0 Å². The van der Waals surface area contributed by atoms with Crippen LogP contribution >= 0.6 is 0 Å². The number of halogens is 3. The van der Waals surface area contributed by atoms with E-state index in [1.165, 1.54) is 4.90 Å². The van der Waals surface area contributed by atoms with Crippen LogP contribution in [-0.2, 0) is 0 Å². The zero-order valence-corrected chi connectivity index (χ0v) is 13.5. The van der Waals surface area contributed by atoms with Crippen molar-refractivity contribution in [3.05, 3.63) is 17.6 Å². The highest BCUT2D eigenvalue weighted by molar-refractivity contribution is 5.41. The first kappa shape index (κ1) is 17.0. The van der Waals surface area contributed by atoms with Crippen LogP contribution in [0.2, 0.25) is 0 Å². The summed E-state index contributed by atoms with van der Waals surface area (Å²) in [4.78, 5) is 12.5. The van der Waals surface area contributed by atoms with Crippen molar-refractivity contribution in [2.24, 2.45) is 0 Å². The first-order chi connectivity index (χ1) is 10.2. The molecular weight excluding hydrogens is 293 g/mol. The fraction of sp³-hybridized carbons (Fsp3) is 0.733. The minimum absolute atomic E-state index is 0.159. The highest BCUT2D eigenvalue weighted by Crippen LogP contribution is 2.23. The van der Waals surface area contributed by atoms with Crippen LogP contribution < -0.4 is 4.90 Å². The molecule has 0 saturated carbocycles. The van der Waals surface area contributed by atoms with Crippen LogP contribution in [0.15, 0.2) is 6.07 Å². The molecule has 0 radical (unpaired) electrons. The third-order valence-corrected chi connectivity index (χ3v) is 3.85. The lowest BCUT2D eigenvalue weighted by Gasteiger charge is -2.40. The Morgan fingerprint density at radius 3 is 2.50 bits per heavy atom. The molecule has 0 amide bonds. The maximum absolute atomic E-state index is 12.6. The molecule has 1 fully saturated rings. The van der Waals surface area contributed by atoms with Gasteiger partial charge < -0.3 is 4.90 Å². The number of nitrogens with zero attached hydrogens (tertiary/aromatic N) is 4. The van der Waals surface area contributed by atoms with Crippen LogP contribution in [0, 0.1) is 6.92 Å². The van der Waals surface area contributed by atoms with E-state index in [2.05, 4.69) is 14.9 Å². The van der Waals surface area contributed by atoms with Gasteiger partial charge in [0.25, 0.3) is 0 Å². The summed E-state index contributed by atoms with van der Waals surface area (Å²) in [5.41, 5.74) is 0.888. The Morgan fingerprint density at radius 1 is 1.27 bits per heavy atom. The molecule has 0 spiro atoms. The maximum Gasteiger partial charge on any atom is 0.401 e. The summed E-state index contributed by atoms with van der Waals surface area (Å²) in [6.07, 6.45) is -4.15. The summed E-state index contributed by atoms with van der Waals surface area (Å²) in [6, 6.07) is 1.74. The van der Waals surface area contributed by atoms with Gasteiger partial charge in [-0.05, 0) is 13.8 Å². The van der Waals surface area contributed by atoms with Crippen LogP contribution in [0.5, 0.6) is 0 Å². The molecule has 0 aliphatic carbocycles. The van der Waals surface area contributed by atoms with Gasteiger partial charge in [0.1, 0.15) is 11.6 Å². The molecule has 1 atom stereocenters. The van der Waals surface area contributed by atoms with E-state index >= 15 is 0 Å². The summed E-state index contributed by atoms with van der Waals surface area (Å²) in [5, 5.41) is 0. The zero-order valence-electron chi connectivity index (χ0n) is 13.5. The first-order valence-corrected chi connectivity index (χ1v) is 7.57. The molecule has 1 aliphatic heterocycles. The third kappa shape index (κ3) is 4.32. The van der Waals surface area contributed by atoms with Gasteiger partial charge in [0.15, 0.2) is 0 Å². The summed E-state index contributed by atoms with van der Waals surface area (Å²) in [6.45, 7) is 8.45. The van der Waals surface area contributed by atoms with E-state index in [1.54, 1.807) is 0 Å². The molecule has 4 nitrogen and oxygen atoms in total. The van der Waals surface area contributed by atoms with Crippen LogP contribution in [-0.4, -0.2) is 53.3 Å². The minimum atomic E-state index is -4.15. The molecule has 2 rings (SSSR count). The lowest BCUT2D eigenvalue weighted by molar-refractivity contribution is -0.150. The summed E-state index contributed by atoms with van der Waals surface area (Å²) in [5.74, 6) is 1.82. The van der Waals surface area contributed by atoms with E-state index in [9.17, 15) is 13.2 Å². The Morgan fingerprint density at radius 2 is 1.95 bits per heavy atom. The number of aromatic nitrogens is 2. The lowest BCUT2D eigenvalue weighted by atomic mass is 10.1. The molecule has 0 bridgehead atoms. The van der Waals surface area contributed by atoms with Gasteiger partial charge in [0.2, 0.25) is 0 Å². The molecular formula is C15H23F3N4. The van der Waals surface area contributed by atoms with Crippen molar-refractivity contribution in [1.82, 2.24) is 14.9 Å². The van der Waals surface area contributed by atoms with Crippen molar-refractivity contribution in [3.63, 3.8) is 0 Å². The second-order valence-corrected chi connectivity index (χ2v) is 6.26. The summed E-state index contributed by atoms with van der Waals surface area (Å²) in [7, 11) is 0. The van der Waals surface area contributed by atoms with E-state index in [0.29, 0.717) is 19.6 Å². The SMILES string of the molecule is Cc1cc(N2CCN(CC(F)(F)F)C(C)C2)nc(C(C)C)n1. The fourth-order valence-electron chi connectivity index (χ4n) is 2.66. The Labute approximate surface area is 129 Å². The highest BCUT2D eigenvalue weighted by atomic mass is 19.4. The predicted molar refractivity (Wildman–Crippen MR) is 80.2 cm³/mol. The molecule has 1 saturated heterocycles. The van der Waals surface area contributed by atoms with Gasteiger partial charge >= 0.3 is 6.18 Å². The van der Waals surface area contributed by atoms with Gasteiger partial charge in [-0.2, -0.15) is 13.2 Å². The monoisotopic (exact) mass is 316 g/mol. The lowest BCUT2D eigenvalue weighted by Crippen LogP contribution is -2.54. The Balaban J connectivity index is 2.10. The molecule has 124 valence electrons. The summed E-state index contributed by atoms with van der Waals surface area (Å²) < 4.78 is 37.7. The van der Waals surface area contributed by atoms with Gasteiger partial charge in [-0.3, -0.25) is 4.90 Å². The van der Waals surface area contributed by atoms with Gasteiger partial charge in [0.05, 0.1) is 6.54 Å². The Hall–Kier alpha value is -1.37. The molecule has 0 aromatic carbocycles. The number of hydrogen-bond acceptors (Lipinski definition) is 4. The Kier molecular flexibility index (Phi) is 4.94. The molecule has 7 heteroatoms. The standard InChI is InChI=1S/C15H23F3N4/c1-10(2)14-19-11(3)7-13(20-14)21-5-6-22(12(4)8-21)9-15(16,17)18/h7,10,12H,5-6,8-9H2,1-4H3. The quantitative estimate of drug-likeness (QED) is 0.858. The minimum Gasteiger partial charge on any atom is -0.354 e. The smallest absolute Gasteiger partial charge is 0.354 e. The average Bonchev–Trinajstić information content (AvgIpc) is 2.39. The maximum atomic E-state index is 12.6. The van der Waals surface area contributed by atoms with Crippen LogP contribution in [0.1, 0.15) is 38.2 Å². The van der Waals surface area contributed by atoms with Crippen molar-refractivity contribution in [3.8, 4) is 0 Å². The van der Waals surface area contributed by atoms with E-state index in [1.807, 2.05) is 33.8 Å². The van der Waals surface area contributed by atoms with Gasteiger partial charge in [-0.25, -0.2) is 9.97 Å². The van der Waals surface area contributed by atoms with Crippen LogP contribution in [0.4, 0.5) is 19.0 Å². The number of aryl methyl sites for hydroxylation is 1. The largest absolute Gasteiger partial charge is 0.401 e. The molecule has 1 aliphatic rings. The number of hydrogen-bond donors (Lipinski definition) is 0. The van der Waals surface area contributed by atoms with Gasteiger partial charge in [-0.1, -0.05) is 13.8 Å². The van der Waals surface area contributed by atoms with E-state index in [0.717, 1.165) is 17.3 Å². The number of anilines is 1. The van der Waals surface area contributed by atoms with E-state index < -0.39 is 12.7 Å². The second kappa shape index (κ2) is 6.40. The molecule has 22 heavy (non-hydrogen) atoms. The molecule has 2 heterocycles. The fourth-order valence-corrected chi connectivity index (χ4v) is 2.66. The Bertz CT molecular complexity index is 516.